The number of hydrogen-bond donors (Lipinski definition) is 2. The number of aromatic nitrogens is 5. The lowest BCUT2D eigenvalue weighted by Gasteiger charge is -2.18. The number of nitrogens with one attached hydrogen (secondary N) is 2. The van der Waals surface area contributed by atoms with Crippen LogP contribution in [-0.2, 0) is 24.9 Å². The first-order chi connectivity index (χ1) is 16.6. The summed E-state index contributed by atoms with van der Waals surface area (Å²) in [5.74, 6) is 0.424. The van der Waals surface area contributed by atoms with Crippen LogP contribution in [0.4, 0.5) is 11.6 Å². The number of nitriles is 1. The van der Waals surface area contributed by atoms with Crippen molar-refractivity contribution in [3.63, 3.8) is 0 Å². The van der Waals surface area contributed by atoms with Crippen LogP contribution in [-0.4, -0.2) is 30.9 Å². The van der Waals surface area contributed by atoms with E-state index in [2.05, 4.69) is 38.8 Å². The van der Waals surface area contributed by atoms with Crippen LogP contribution in [0, 0.1) is 11.3 Å². The molecule has 0 atom stereocenters. The second-order valence-corrected chi connectivity index (χ2v) is 8.89. The summed E-state index contributed by atoms with van der Waals surface area (Å²) in [5, 5.41) is 16.7. The summed E-state index contributed by atoms with van der Waals surface area (Å²) < 4.78 is 3.45. The highest BCUT2D eigenvalue weighted by Gasteiger charge is 2.46. The Hall–Kier alpha value is -4.03. The normalized spacial score (nSPS) is 16.1. The van der Waals surface area contributed by atoms with Crippen LogP contribution in [0.5, 0.6) is 0 Å². The van der Waals surface area contributed by atoms with Crippen LogP contribution >= 0.6 is 0 Å². The number of pyridine rings is 1. The van der Waals surface area contributed by atoms with Crippen molar-refractivity contribution in [2.45, 2.75) is 44.7 Å². The summed E-state index contributed by atoms with van der Waals surface area (Å²) >= 11 is 0. The minimum atomic E-state index is -0.514. The van der Waals surface area contributed by atoms with Crippen molar-refractivity contribution >= 4 is 22.7 Å². The van der Waals surface area contributed by atoms with Crippen molar-refractivity contribution in [3.05, 3.63) is 69.9 Å². The monoisotopic (exact) mass is 452 g/mol. The van der Waals surface area contributed by atoms with Gasteiger partial charge in [0.2, 0.25) is 5.95 Å². The van der Waals surface area contributed by atoms with Gasteiger partial charge in [-0.2, -0.15) is 10.2 Å². The van der Waals surface area contributed by atoms with Gasteiger partial charge in [-0.3, -0.25) is 9.78 Å². The molecule has 9 heteroatoms. The first kappa shape index (κ1) is 20.6. The average Bonchev–Trinajstić information content (AvgIpc) is 3.63. The van der Waals surface area contributed by atoms with Crippen LogP contribution in [0.1, 0.15) is 36.6 Å². The maximum Gasteiger partial charge on any atom is 0.278 e. The Kier molecular flexibility index (Phi) is 4.71. The van der Waals surface area contributed by atoms with Crippen molar-refractivity contribution < 1.29 is 0 Å². The minimum absolute atomic E-state index is 0.148. The summed E-state index contributed by atoms with van der Waals surface area (Å²) in [6, 6.07) is 12.4. The number of anilines is 2. The molecule has 2 aliphatic rings. The van der Waals surface area contributed by atoms with Crippen molar-refractivity contribution in [2.24, 2.45) is 0 Å². The largest absolute Gasteiger partial charge is 0.324 e. The molecule has 0 saturated heterocycles. The van der Waals surface area contributed by atoms with Crippen LogP contribution in [0.25, 0.3) is 16.7 Å². The fraction of sp³-hybridized carbons (Fsp3) is 0.320. The van der Waals surface area contributed by atoms with E-state index < -0.39 is 5.41 Å². The molecule has 4 aromatic rings. The van der Waals surface area contributed by atoms with Crippen molar-refractivity contribution in [3.8, 4) is 11.8 Å². The smallest absolute Gasteiger partial charge is 0.278 e. The van der Waals surface area contributed by atoms with Gasteiger partial charge in [0.25, 0.3) is 5.56 Å². The van der Waals surface area contributed by atoms with Crippen LogP contribution in [0.3, 0.4) is 0 Å². The Labute approximate surface area is 196 Å². The van der Waals surface area contributed by atoms with Crippen molar-refractivity contribution in [1.29, 1.82) is 5.26 Å². The van der Waals surface area contributed by atoms with Crippen molar-refractivity contribution in [2.75, 3.05) is 11.9 Å². The van der Waals surface area contributed by atoms with Gasteiger partial charge in [-0.25, -0.2) is 14.3 Å². The lowest BCUT2D eigenvalue weighted by Crippen LogP contribution is -2.23. The first-order valence-corrected chi connectivity index (χ1v) is 11.6. The molecule has 0 unspecified atom stereocenters. The molecule has 1 aromatic carbocycles. The van der Waals surface area contributed by atoms with Gasteiger partial charge < -0.3 is 10.6 Å². The van der Waals surface area contributed by atoms with Crippen LogP contribution < -0.4 is 16.2 Å². The summed E-state index contributed by atoms with van der Waals surface area (Å²) in [6.45, 7) is 4.25. The zero-order valence-corrected chi connectivity index (χ0v) is 18.9. The molecule has 6 rings (SSSR count). The fourth-order valence-electron chi connectivity index (χ4n) is 4.68. The van der Waals surface area contributed by atoms with Crippen LogP contribution in [0.15, 0.2) is 47.5 Å². The van der Waals surface area contributed by atoms with E-state index in [-0.39, 0.29) is 5.56 Å². The van der Waals surface area contributed by atoms with E-state index in [1.54, 1.807) is 17.1 Å². The highest BCUT2D eigenvalue weighted by molar-refractivity contribution is 5.77. The molecule has 0 amide bonds. The number of rotatable bonds is 5. The number of hydrogen-bond acceptors (Lipinski definition) is 7. The topological polar surface area (TPSA) is 113 Å². The van der Waals surface area contributed by atoms with Gasteiger partial charge in [0.1, 0.15) is 5.39 Å². The van der Waals surface area contributed by atoms with E-state index in [4.69, 9.17) is 4.98 Å². The summed E-state index contributed by atoms with van der Waals surface area (Å²) in [7, 11) is 0. The van der Waals surface area contributed by atoms with Gasteiger partial charge >= 0.3 is 0 Å². The number of benzene rings is 1. The molecule has 9 nitrogen and oxygen atoms in total. The average molecular weight is 453 g/mol. The van der Waals surface area contributed by atoms with E-state index in [9.17, 15) is 10.1 Å². The lowest BCUT2D eigenvalue weighted by atomic mass is 10.0. The molecule has 1 saturated carbocycles. The van der Waals surface area contributed by atoms with Gasteiger partial charge in [-0.1, -0.05) is 6.07 Å². The predicted octanol–water partition coefficient (Wildman–Crippen LogP) is 2.94. The summed E-state index contributed by atoms with van der Waals surface area (Å²) in [4.78, 5) is 26.7. The number of nitrogens with zero attached hydrogens (tertiary/aromatic N) is 6. The third-order valence-corrected chi connectivity index (χ3v) is 6.77. The second kappa shape index (κ2) is 7.78. The van der Waals surface area contributed by atoms with E-state index >= 15 is 0 Å². The maximum atomic E-state index is 13.1. The molecule has 34 heavy (non-hydrogen) atoms. The first-order valence-electron chi connectivity index (χ1n) is 11.6. The molecule has 1 fully saturated rings. The predicted molar refractivity (Wildman–Crippen MR) is 128 cm³/mol. The van der Waals surface area contributed by atoms with E-state index in [1.165, 1.54) is 11.1 Å². The Morgan fingerprint density at radius 2 is 2.09 bits per heavy atom. The molecule has 0 spiro atoms. The molecule has 2 N–H and O–H groups in total. The quantitative estimate of drug-likeness (QED) is 0.479. The van der Waals surface area contributed by atoms with Crippen LogP contribution in [0.2, 0.25) is 0 Å². The highest BCUT2D eigenvalue weighted by atomic mass is 16.1. The summed E-state index contributed by atoms with van der Waals surface area (Å²) in [5.41, 5.74) is 4.89. The minimum Gasteiger partial charge on any atom is -0.324 e. The molecule has 4 heterocycles. The standard InChI is InChI=1S/C25H24N8O/c1-2-32-23(34)20-14-29-24(30-18-4-3-17-13-27-9-5-16(17)11-18)31-22(20)33(32)19-6-10-28-21(12-19)25(15-26)7-8-25/h3-4,6,10-12,14,27H,2,5,7-9,13H2,1H3,(H,29,30,31). The molecular formula is C25H24N8O. The molecule has 0 radical (unpaired) electrons. The van der Waals surface area contributed by atoms with Gasteiger partial charge in [-0.15, -0.1) is 0 Å². The fourth-order valence-corrected chi connectivity index (χ4v) is 4.68. The molecule has 1 aliphatic heterocycles. The Morgan fingerprint density at radius 1 is 1.21 bits per heavy atom. The molecule has 0 bridgehead atoms. The lowest BCUT2D eigenvalue weighted by molar-refractivity contribution is 0.574. The molecule has 3 aromatic heterocycles. The third kappa shape index (κ3) is 3.26. The van der Waals surface area contributed by atoms with Gasteiger partial charge in [0.15, 0.2) is 5.65 Å². The van der Waals surface area contributed by atoms with Gasteiger partial charge in [0, 0.05) is 31.2 Å². The highest BCUT2D eigenvalue weighted by Crippen LogP contribution is 2.46. The van der Waals surface area contributed by atoms with Gasteiger partial charge in [0.05, 0.1) is 22.9 Å². The molecule has 1 aliphatic carbocycles. The number of fused-ring (bicyclic) bond motifs is 2. The summed E-state index contributed by atoms with van der Waals surface area (Å²) in [6.07, 6.45) is 5.87. The van der Waals surface area contributed by atoms with E-state index in [1.807, 2.05) is 29.8 Å². The SMILES string of the molecule is CCn1c(=O)c2cnc(Nc3ccc4c(c3)CCNC4)nc2n1-c1ccnc(C2(C#N)CC2)c1. The van der Waals surface area contributed by atoms with E-state index in [0.29, 0.717) is 23.5 Å². The third-order valence-electron chi connectivity index (χ3n) is 6.77. The second-order valence-electron chi connectivity index (χ2n) is 8.89. The molecule has 170 valence electrons. The Bertz CT molecular complexity index is 1520. The van der Waals surface area contributed by atoms with E-state index in [0.717, 1.165) is 49.4 Å². The zero-order chi connectivity index (χ0) is 23.3. The maximum absolute atomic E-state index is 13.1. The zero-order valence-electron chi connectivity index (χ0n) is 18.9. The molecular weight excluding hydrogens is 428 g/mol. The van der Waals surface area contributed by atoms with Crippen molar-refractivity contribution in [1.82, 2.24) is 29.6 Å². The van der Waals surface area contributed by atoms with Gasteiger partial charge in [-0.05, 0) is 68.1 Å². The Morgan fingerprint density at radius 3 is 2.88 bits per heavy atom. The Balaban J connectivity index is 1.44.